The second kappa shape index (κ2) is 17.6. The summed E-state index contributed by atoms with van der Waals surface area (Å²) in [6, 6.07) is 12.8. The van der Waals surface area contributed by atoms with Gasteiger partial charge in [0, 0.05) is 33.6 Å². The molecule has 0 spiro atoms. The van der Waals surface area contributed by atoms with Crippen molar-refractivity contribution in [1.82, 2.24) is 10.6 Å². The third-order valence-corrected chi connectivity index (χ3v) is 8.10. The number of amides is 2. The third-order valence-electron chi connectivity index (χ3n) is 8.10. The fraction of sp³-hybridized carbons (Fsp3) is 0.444. The first-order valence-electron chi connectivity index (χ1n) is 16.3. The fourth-order valence-electron chi connectivity index (χ4n) is 6.06. The van der Waals surface area contributed by atoms with Crippen molar-refractivity contribution in [3.8, 4) is 11.1 Å². The summed E-state index contributed by atoms with van der Waals surface area (Å²) < 4.78 is 39.1. The van der Waals surface area contributed by atoms with E-state index in [1.54, 1.807) is 0 Å². The van der Waals surface area contributed by atoms with E-state index in [1.165, 1.54) is 19.9 Å². The highest BCUT2D eigenvalue weighted by molar-refractivity contribution is 5.82. The molecule has 1 aliphatic carbocycles. The number of ether oxygens (including phenoxy) is 7. The van der Waals surface area contributed by atoms with E-state index in [2.05, 4.69) is 17.2 Å². The first-order valence-corrected chi connectivity index (χ1v) is 16.3. The Morgan fingerprint density at radius 3 is 1.94 bits per heavy atom. The minimum atomic E-state index is -1.51. The van der Waals surface area contributed by atoms with Crippen LogP contribution in [-0.4, -0.2) is 98.5 Å². The van der Waals surface area contributed by atoms with E-state index in [4.69, 9.17) is 33.2 Å². The molecule has 0 aromatic heterocycles. The number of nitrogens with one attached hydrogen (secondary N) is 2. The SMILES string of the molecule is C=CCOC(=O)[C@@H](NC(=O)OCC1c2ccccc2-c2ccccc21)[C@@H](C)O[C@@H]1O[C@H](COC(C)=O)[C@@H](OC(C)=O)[C@H](OC(C)=O)[C@H]1NC(C)=O. The van der Waals surface area contributed by atoms with Gasteiger partial charge < -0.3 is 43.8 Å². The summed E-state index contributed by atoms with van der Waals surface area (Å²) >= 11 is 0. The minimum Gasteiger partial charge on any atom is -0.463 e. The molecule has 0 bridgehead atoms. The van der Waals surface area contributed by atoms with Crippen LogP contribution in [0.2, 0.25) is 0 Å². The van der Waals surface area contributed by atoms with E-state index >= 15 is 0 Å². The normalized spacial score (nSPS) is 21.8. The van der Waals surface area contributed by atoms with Crippen LogP contribution >= 0.6 is 0 Å². The molecule has 2 aromatic carbocycles. The molecule has 2 aliphatic rings. The van der Waals surface area contributed by atoms with Crippen molar-refractivity contribution in [1.29, 1.82) is 0 Å². The van der Waals surface area contributed by atoms with Crippen molar-refractivity contribution in [2.24, 2.45) is 0 Å². The molecule has 1 fully saturated rings. The van der Waals surface area contributed by atoms with Crippen LogP contribution in [0.5, 0.6) is 0 Å². The fourth-order valence-corrected chi connectivity index (χ4v) is 6.06. The summed E-state index contributed by atoms with van der Waals surface area (Å²) in [5, 5.41) is 5.10. The lowest BCUT2D eigenvalue weighted by Crippen LogP contribution is -2.67. The monoisotopic (exact) mass is 710 g/mol. The molecule has 2 aromatic rings. The van der Waals surface area contributed by atoms with Crippen molar-refractivity contribution < 1.29 is 61.9 Å². The number of hydrogen-bond donors (Lipinski definition) is 2. The first-order chi connectivity index (χ1) is 24.3. The molecule has 0 unspecified atom stereocenters. The van der Waals surface area contributed by atoms with Crippen LogP contribution < -0.4 is 10.6 Å². The standard InChI is InChI=1S/C36H42N2O13/c1-7-16-45-34(43)30(38-36(44)47-17-28-26-14-10-8-12-24(26)25-13-9-11-15-27(25)28)19(2)48-35-31(37-20(3)39)33(50-23(6)42)32(49-22(5)41)29(51-35)18-46-21(4)40/h7-15,19,28-33,35H,1,16-18H2,2-6H3,(H,37,39)(H,38,44)/t19-,29-,30+,31-,32-,33-,35-/m1/s1. The summed E-state index contributed by atoms with van der Waals surface area (Å²) in [7, 11) is 0. The van der Waals surface area contributed by atoms with Gasteiger partial charge in [-0.2, -0.15) is 0 Å². The van der Waals surface area contributed by atoms with E-state index in [1.807, 2.05) is 48.5 Å². The van der Waals surface area contributed by atoms with E-state index in [9.17, 15) is 28.8 Å². The second-order valence-electron chi connectivity index (χ2n) is 11.9. The number of rotatable bonds is 14. The Kier molecular flexibility index (Phi) is 13.3. The van der Waals surface area contributed by atoms with Crippen LogP contribution in [0, 0.1) is 0 Å². The maximum absolute atomic E-state index is 13.3. The van der Waals surface area contributed by atoms with E-state index in [-0.39, 0.29) is 19.1 Å². The van der Waals surface area contributed by atoms with E-state index in [0.717, 1.165) is 43.0 Å². The number of fused-ring (bicyclic) bond motifs is 3. The molecular weight excluding hydrogens is 668 g/mol. The van der Waals surface area contributed by atoms with Gasteiger partial charge in [0.2, 0.25) is 5.91 Å². The molecule has 0 radical (unpaired) electrons. The maximum Gasteiger partial charge on any atom is 0.407 e. The van der Waals surface area contributed by atoms with Gasteiger partial charge in [-0.15, -0.1) is 0 Å². The Labute approximate surface area is 294 Å². The van der Waals surface area contributed by atoms with Crippen LogP contribution in [-0.2, 0) is 57.1 Å². The van der Waals surface area contributed by atoms with E-state index in [0.29, 0.717) is 0 Å². The van der Waals surface area contributed by atoms with E-state index < -0.39 is 85.3 Å². The number of carbonyl (C=O) groups excluding carboxylic acids is 6. The van der Waals surface area contributed by atoms with Crippen LogP contribution in [0.25, 0.3) is 11.1 Å². The highest BCUT2D eigenvalue weighted by atomic mass is 16.7. The molecule has 1 aliphatic heterocycles. The predicted octanol–water partition coefficient (Wildman–Crippen LogP) is 2.68. The summed E-state index contributed by atoms with van der Waals surface area (Å²) in [6.45, 7) is 8.83. The number of carbonyl (C=O) groups is 6. The van der Waals surface area contributed by atoms with Crippen molar-refractivity contribution in [3.63, 3.8) is 0 Å². The number of esters is 4. The smallest absolute Gasteiger partial charge is 0.407 e. The molecule has 4 rings (SSSR count). The average Bonchev–Trinajstić information content (AvgIpc) is 3.39. The summed E-state index contributed by atoms with van der Waals surface area (Å²) in [5.74, 6) is -4.02. The van der Waals surface area contributed by atoms with Crippen LogP contribution in [0.1, 0.15) is 51.7 Å². The Balaban J connectivity index is 1.57. The van der Waals surface area contributed by atoms with Gasteiger partial charge >= 0.3 is 30.0 Å². The van der Waals surface area contributed by atoms with Crippen molar-refractivity contribution in [3.05, 3.63) is 72.3 Å². The van der Waals surface area contributed by atoms with Gasteiger partial charge in [0.05, 0.1) is 6.10 Å². The molecular formula is C36H42N2O13. The molecule has 274 valence electrons. The third kappa shape index (κ3) is 9.92. The molecule has 15 nitrogen and oxygen atoms in total. The zero-order valence-corrected chi connectivity index (χ0v) is 29.0. The number of benzene rings is 2. The lowest BCUT2D eigenvalue weighted by molar-refractivity contribution is -0.287. The molecule has 1 saturated heterocycles. The molecule has 2 N–H and O–H groups in total. The molecule has 51 heavy (non-hydrogen) atoms. The maximum atomic E-state index is 13.3. The van der Waals surface area contributed by atoms with Gasteiger partial charge in [-0.25, -0.2) is 9.59 Å². The zero-order chi connectivity index (χ0) is 37.2. The minimum absolute atomic E-state index is 0.0424. The van der Waals surface area contributed by atoms with Crippen LogP contribution in [0.3, 0.4) is 0 Å². The number of alkyl carbamates (subject to hydrolysis) is 1. The second-order valence-corrected chi connectivity index (χ2v) is 11.9. The highest BCUT2D eigenvalue weighted by Gasteiger charge is 2.52. The topological polar surface area (TPSA) is 191 Å². The molecule has 2 amide bonds. The highest BCUT2D eigenvalue weighted by Crippen LogP contribution is 2.44. The average molecular weight is 711 g/mol. The van der Waals surface area contributed by atoms with Crippen molar-refractivity contribution >= 4 is 35.9 Å². The molecule has 1 heterocycles. The number of hydrogen-bond acceptors (Lipinski definition) is 13. The Hall–Kier alpha value is -5.28. The van der Waals surface area contributed by atoms with Gasteiger partial charge in [-0.05, 0) is 29.2 Å². The van der Waals surface area contributed by atoms with Crippen LogP contribution in [0.15, 0.2) is 61.2 Å². The molecule has 0 saturated carbocycles. The van der Waals surface area contributed by atoms with Crippen molar-refractivity contribution in [2.45, 2.75) is 83.3 Å². The summed E-state index contributed by atoms with van der Waals surface area (Å²) in [5.41, 5.74) is 4.04. The van der Waals surface area contributed by atoms with Gasteiger partial charge in [-0.3, -0.25) is 19.2 Å². The van der Waals surface area contributed by atoms with Gasteiger partial charge in [0.15, 0.2) is 24.5 Å². The summed E-state index contributed by atoms with van der Waals surface area (Å²) in [4.78, 5) is 74.9. The first kappa shape index (κ1) is 38.5. The quantitative estimate of drug-likeness (QED) is 0.165. The zero-order valence-electron chi connectivity index (χ0n) is 29.0. The van der Waals surface area contributed by atoms with Gasteiger partial charge in [-0.1, -0.05) is 61.2 Å². The Morgan fingerprint density at radius 2 is 1.39 bits per heavy atom. The van der Waals surface area contributed by atoms with Gasteiger partial charge in [0.25, 0.3) is 0 Å². The van der Waals surface area contributed by atoms with Gasteiger partial charge in [0.1, 0.15) is 32.0 Å². The van der Waals surface area contributed by atoms with Crippen LogP contribution in [0.4, 0.5) is 4.79 Å². The lowest BCUT2D eigenvalue weighted by Gasteiger charge is -2.45. The van der Waals surface area contributed by atoms with Crippen molar-refractivity contribution in [2.75, 3.05) is 19.8 Å². The lowest BCUT2D eigenvalue weighted by atomic mass is 9.95. The Bertz CT molecular complexity index is 1580. The summed E-state index contributed by atoms with van der Waals surface area (Å²) in [6.07, 6.45) is -6.39. The predicted molar refractivity (Wildman–Crippen MR) is 178 cm³/mol. The Morgan fingerprint density at radius 1 is 0.804 bits per heavy atom. The molecule has 15 heteroatoms. The molecule has 7 atom stereocenters. The largest absolute Gasteiger partial charge is 0.463 e.